The standard InChI is InChI=1S/C14H21F2N2O6P/c1-7-6-18(13(20)17-11(7)19)12-10(23-3)8(2)9(24-12)5-14(15,16)25(4,21)22/h6,8-10,12H,5H2,1-4H3,(H,21,22)(H,17,19,20)/t8-,9-,10-,12-/m1/s1. The second-order valence-corrected chi connectivity index (χ2v) is 8.76. The van der Waals surface area contributed by atoms with Gasteiger partial charge in [0.2, 0.25) is 0 Å². The number of methoxy groups -OCH3 is 1. The highest BCUT2D eigenvalue weighted by molar-refractivity contribution is 7.58. The summed E-state index contributed by atoms with van der Waals surface area (Å²) in [5.41, 5.74) is -4.90. The third kappa shape index (κ3) is 3.76. The molecule has 2 rings (SSSR count). The van der Waals surface area contributed by atoms with E-state index in [1.807, 2.05) is 0 Å². The number of aromatic amines is 1. The first kappa shape index (κ1) is 20.0. The Morgan fingerprint density at radius 1 is 1.48 bits per heavy atom. The molecule has 1 aromatic rings. The number of hydrogen-bond acceptors (Lipinski definition) is 5. The molecule has 0 radical (unpaired) electrons. The van der Waals surface area contributed by atoms with Crippen LogP contribution in [0.5, 0.6) is 0 Å². The molecule has 0 aliphatic carbocycles. The first-order valence-corrected chi connectivity index (χ1v) is 9.68. The molecule has 11 heteroatoms. The zero-order chi connectivity index (χ0) is 19.2. The second-order valence-electron chi connectivity index (χ2n) is 6.35. The molecule has 1 fully saturated rings. The van der Waals surface area contributed by atoms with Crippen LogP contribution in [0.2, 0.25) is 0 Å². The molecule has 1 aliphatic rings. The number of halogens is 2. The molecule has 0 aromatic carbocycles. The van der Waals surface area contributed by atoms with Crippen molar-refractivity contribution in [3.05, 3.63) is 32.6 Å². The van der Waals surface area contributed by atoms with E-state index in [0.29, 0.717) is 6.66 Å². The lowest BCUT2D eigenvalue weighted by atomic mass is 9.98. The largest absolute Gasteiger partial charge is 0.376 e. The van der Waals surface area contributed by atoms with E-state index >= 15 is 0 Å². The highest BCUT2D eigenvalue weighted by Gasteiger charge is 2.53. The summed E-state index contributed by atoms with van der Waals surface area (Å²) >= 11 is 0. The summed E-state index contributed by atoms with van der Waals surface area (Å²) in [6.45, 7) is 3.67. The van der Waals surface area contributed by atoms with E-state index in [4.69, 9.17) is 9.47 Å². The fourth-order valence-electron chi connectivity index (χ4n) is 2.83. The van der Waals surface area contributed by atoms with Crippen LogP contribution in [0.15, 0.2) is 15.8 Å². The van der Waals surface area contributed by atoms with Gasteiger partial charge in [-0.3, -0.25) is 18.9 Å². The van der Waals surface area contributed by atoms with Crippen molar-refractivity contribution < 1.29 is 27.7 Å². The van der Waals surface area contributed by atoms with Gasteiger partial charge in [-0.1, -0.05) is 6.92 Å². The number of aryl methyl sites for hydroxylation is 1. The van der Waals surface area contributed by atoms with Crippen LogP contribution in [0.25, 0.3) is 0 Å². The molecule has 1 aliphatic heterocycles. The third-order valence-electron chi connectivity index (χ3n) is 4.45. The molecule has 0 spiro atoms. The molecule has 142 valence electrons. The average Bonchev–Trinajstić information content (AvgIpc) is 2.77. The number of nitrogens with one attached hydrogen (secondary N) is 1. The van der Waals surface area contributed by atoms with Crippen LogP contribution < -0.4 is 11.2 Å². The maximum atomic E-state index is 14.0. The lowest BCUT2D eigenvalue weighted by molar-refractivity contribution is -0.0709. The molecule has 1 unspecified atom stereocenters. The van der Waals surface area contributed by atoms with Crippen molar-refractivity contribution in [3.8, 4) is 0 Å². The van der Waals surface area contributed by atoms with Gasteiger partial charge >= 0.3 is 11.4 Å². The van der Waals surface area contributed by atoms with E-state index in [9.17, 15) is 27.8 Å². The summed E-state index contributed by atoms with van der Waals surface area (Å²) < 4.78 is 51.3. The third-order valence-corrected chi connectivity index (χ3v) is 5.84. The van der Waals surface area contributed by atoms with Crippen molar-refractivity contribution in [2.45, 2.75) is 44.4 Å². The van der Waals surface area contributed by atoms with Gasteiger partial charge in [-0.25, -0.2) is 4.79 Å². The summed E-state index contributed by atoms with van der Waals surface area (Å²) in [6.07, 6.45) is -2.62. The SMILES string of the molecule is CO[C@@H]1[C@H](C)[C@@H](CC(F)(F)P(C)(=O)O)O[C@H]1n1cc(C)c(=O)[nH]c1=O. The molecular formula is C14H21F2N2O6P. The van der Waals surface area contributed by atoms with E-state index in [1.165, 1.54) is 20.2 Å². The molecule has 1 saturated heterocycles. The Labute approximate surface area is 142 Å². The van der Waals surface area contributed by atoms with Gasteiger partial charge in [-0.2, -0.15) is 8.78 Å². The first-order valence-electron chi connectivity index (χ1n) is 7.57. The number of alkyl halides is 2. The van der Waals surface area contributed by atoms with E-state index < -0.39 is 55.1 Å². The predicted octanol–water partition coefficient (Wildman–Crippen LogP) is 1.28. The minimum absolute atomic E-state index is 0.243. The number of H-pyrrole nitrogens is 1. The van der Waals surface area contributed by atoms with Crippen LogP contribution in [0.3, 0.4) is 0 Å². The second kappa shape index (κ2) is 6.75. The lowest BCUT2D eigenvalue weighted by Crippen LogP contribution is -2.37. The normalized spacial score (nSPS) is 29.6. The van der Waals surface area contributed by atoms with Gasteiger partial charge in [0.15, 0.2) is 6.23 Å². The van der Waals surface area contributed by atoms with Gasteiger partial charge in [-0.15, -0.1) is 0 Å². The zero-order valence-electron chi connectivity index (χ0n) is 14.2. The molecule has 0 saturated carbocycles. The van der Waals surface area contributed by atoms with Crippen LogP contribution >= 0.6 is 7.37 Å². The topological polar surface area (TPSA) is 111 Å². The van der Waals surface area contributed by atoms with Crippen LogP contribution in [-0.2, 0) is 14.0 Å². The molecule has 25 heavy (non-hydrogen) atoms. The Balaban J connectivity index is 2.37. The summed E-state index contributed by atoms with van der Waals surface area (Å²) in [7, 11) is -3.32. The number of ether oxygens (including phenoxy) is 2. The maximum absolute atomic E-state index is 14.0. The molecule has 0 bridgehead atoms. The minimum Gasteiger partial charge on any atom is -0.376 e. The predicted molar refractivity (Wildman–Crippen MR) is 85.2 cm³/mol. The summed E-state index contributed by atoms with van der Waals surface area (Å²) in [4.78, 5) is 34.9. The molecular weight excluding hydrogens is 361 g/mol. The molecule has 0 amide bonds. The lowest BCUT2D eigenvalue weighted by Gasteiger charge is -2.24. The highest BCUT2D eigenvalue weighted by atomic mass is 31.2. The quantitative estimate of drug-likeness (QED) is 0.743. The van der Waals surface area contributed by atoms with Crippen molar-refractivity contribution in [3.63, 3.8) is 0 Å². The Hall–Kier alpha value is -1.35. The number of rotatable bonds is 5. The Morgan fingerprint density at radius 3 is 2.60 bits per heavy atom. The minimum atomic E-state index is -4.66. The molecule has 8 nitrogen and oxygen atoms in total. The number of nitrogens with zero attached hydrogens (tertiary/aromatic N) is 1. The van der Waals surface area contributed by atoms with E-state index in [-0.39, 0.29) is 5.56 Å². The van der Waals surface area contributed by atoms with Gasteiger partial charge in [0.05, 0.1) is 6.10 Å². The smallest absolute Gasteiger partial charge is 0.330 e. The fraction of sp³-hybridized carbons (Fsp3) is 0.714. The molecule has 5 atom stereocenters. The Kier molecular flexibility index (Phi) is 5.39. The van der Waals surface area contributed by atoms with Gasteiger partial charge in [0.25, 0.3) is 12.9 Å². The van der Waals surface area contributed by atoms with Crippen molar-refractivity contribution in [2.24, 2.45) is 5.92 Å². The van der Waals surface area contributed by atoms with Crippen molar-refractivity contribution in [2.75, 3.05) is 13.8 Å². The fourth-order valence-corrected chi connectivity index (χ4v) is 3.35. The monoisotopic (exact) mass is 382 g/mol. The summed E-state index contributed by atoms with van der Waals surface area (Å²) in [5, 5.41) is 0. The van der Waals surface area contributed by atoms with Crippen molar-refractivity contribution in [1.82, 2.24) is 9.55 Å². The molecule has 2 N–H and O–H groups in total. The molecule has 2 heterocycles. The first-order chi connectivity index (χ1) is 11.4. The van der Waals surface area contributed by atoms with E-state index in [1.54, 1.807) is 6.92 Å². The maximum Gasteiger partial charge on any atom is 0.330 e. The van der Waals surface area contributed by atoms with Crippen LogP contribution in [0.4, 0.5) is 8.78 Å². The number of aromatic nitrogens is 2. The van der Waals surface area contributed by atoms with Crippen molar-refractivity contribution in [1.29, 1.82) is 0 Å². The van der Waals surface area contributed by atoms with Gasteiger partial charge < -0.3 is 14.4 Å². The van der Waals surface area contributed by atoms with Crippen LogP contribution in [0, 0.1) is 12.8 Å². The highest BCUT2D eigenvalue weighted by Crippen LogP contribution is 2.57. The van der Waals surface area contributed by atoms with E-state index in [0.717, 1.165) is 4.57 Å². The van der Waals surface area contributed by atoms with E-state index in [2.05, 4.69) is 4.98 Å². The Morgan fingerprint density at radius 2 is 2.08 bits per heavy atom. The van der Waals surface area contributed by atoms with Crippen LogP contribution in [-0.4, -0.2) is 46.1 Å². The summed E-state index contributed by atoms with van der Waals surface area (Å²) in [5.74, 6) is -0.577. The molecule has 1 aromatic heterocycles. The van der Waals surface area contributed by atoms with Gasteiger partial charge in [0.1, 0.15) is 6.10 Å². The summed E-state index contributed by atoms with van der Waals surface area (Å²) in [6, 6.07) is 0. The van der Waals surface area contributed by atoms with Gasteiger partial charge in [0, 0.05) is 37.9 Å². The van der Waals surface area contributed by atoms with Crippen LogP contribution in [0.1, 0.15) is 25.1 Å². The Bertz CT molecular complexity index is 801. The number of hydrogen-bond donors (Lipinski definition) is 2. The van der Waals surface area contributed by atoms with Gasteiger partial charge in [-0.05, 0) is 6.92 Å². The average molecular weight is 382 g/mol. The van der Waals surface area contributed by atoms with Crippen molar-refractivity contribution >= 4 is 7.37 Å². The zero-order valence-corrected chi connectivity index (χ0v) is 15.1.